The molecule has 30 heavy (non-hydrogen) atoms. The van der Waals surface area contributed by atoms with Crippen LogP contribution in [0.15, 0.2) is 51.4 Å². The molecule has 3 aromatic rings. The lowest BCUT2D eigenvalue weighted by atomic mass is 9.93. The first-order valence-corrected chi connectivity index (χ1v) is 12.3. The van der Waals surface area contributed by atoms with Crippen molar-refractivity contribution in [3.8, 4) is 5.75 Å². The Morgan fingerprint density at radius 1 is 1.17 bits per heavy atom. The van der Waals surface area contributed by atoms with Crippen molar-refractivity contribution in [3.63, 3.8) is 0 Å². The molecule has 0 saturated heterocycles. The number of carbonyl (C=O) groups excluding carboxylic acids is 1. The topological polar surface area (TPSA) is 88.6 Å². The van der Waals surface area contributed by atoms with Crippen molar-refractivity contribution >= 4 is 49.4 Å². The number of thiophene rings is 1. The van der Waals surface area contributed by atoms with E-state index in [1.807, 2.05) is 5.38 Å². The summed E-state index contributed by atoms with van der Waals surface area (Å²) in [4.78, 5) is 16.5. The smallest absolute Gasteiger partial charge is 0.273 e. The third-order valence-corrected chi connectivity index (χ3v) is 8.12. The minimum atomic E-state index is -3.59. The van der Waals surface area contributed by atoms with Gasteiger partial charge in [0, 0.05) is 17.8 Å². The van der Waals surface area contributed by atoms with Crippen LogP contribution in [-0.2, 0) is 20.2 Å². The van der Waals surface area contributed by atoms with Crippen LogP contribution in [0, 0.1) is 0 Å². The molecule has 1 aromatic carbocycles. The molecule has 1 amide bonds. The highest BCUT2D eigenvalue weighted by atomic mass is 32.2. The molecule has 0 aliphatic carbocycles. The summed E-state index contributed by atoms with van der Waals surface area (Å²) in [5, 5.41) is 6.91. The molecule has 7 nitrogen and oxygen atoms in total. The van der Waals surface area contributed by atoms with Gasteiger partial charge in [0.1, 0.15) is 9.96 Å². The van der Waals surface area contributed by atoms with E-state index in [2.05, 4.69) is 31.1 Å². The summed E-state index contributed by atoms with van der Waals surface area (Å²) in [5.74, 6) is 0.150. The molecule has 1 N–H and O–H groups in total. The van der Waals surface area contributed by atoms with E-state index < -0.39 is 10.0 Å². The number of nitrogens with one attached hydrogen (secondary N) is 1. The molecule has 0 radical (unpaired) electrons. The van der Waals surface area contributed by atoms with Crippen molar-refractivity contribution in [1.82, 2.24) is 4.98 Å². The molecule has 2 heterocycles. The van der Waals surface area contributed by atoms with Crippen LogP contribution in [0.1, 0.15) is 26.5 Å². The highest BCUT2D eigenvalue weighted by Crippen LogP contribution is 2.27. The largest absolute Gasteiger partial charge is 0.484 e. The fourth-order valence-corrected chi connectivity index (χ4v) is 5.73. The van der Waals surface area contributed by atoms with Gasteiger partial charge in [-0.05, 0) is 35.7 Å². The summed E-state index contributed by atoms with van der Waals surface area (Å²) in [5.41, 5.74) is 1.33. The first-order chi connectivity index (χ1) is 14.1. The maximum atomic E-state index is 12.6. The Balaban J connectivity index is 1.57. The van der Waals surface area contributed by atoms with Crippen molar-refractivity contribution < 1.29 is 17.9 Å². The van der Waals surface area contributed by atoms with Crippen LogP contribution >= 0.6 is 22.7 Å². The standard InChI is InChI=1S/C20H23N3O4S3/c1-20(2,3)16-13-29-19(21-16)22-17(24)12-27-15-9-7-14(8-10-15)23(4)30(25,26)18-6-5-11-28-18/h5-11,13H,12H2,1-4H3,(H,21,22,24). The normalized spacial score (nSPS) is 11.9. The van der Waals surface area contributed by atoms with Gasteiger partial charge in [0.05, 0.1) is 11.4 Å². The average molecular weight is 466 g/mol. The van der Waals surface area contributed by atoms with Crippen LogP contribution in [0.25, 0.3) is 0 Å². The first-order valence-electron chi connectivity index (χ1n) is 9.08. The summed E-state index contributed by atoms with van der Waals surface area (Å²) in [6.45, 7) is 6.00. The number of hydrogen-bond donors (Lipinski definition) is 1. The number of anilines is 2. The summed E-state index contributed by atoms with van der Waals surface area (Å²) in [6.07, 6.45) is 0. The van der Waals surface area contributed by atoms with E-state index in [-0.39, 0.29) is 22.1 Å². The molecule has 0 aliphatic heterocycles. The first kappa shape index (κ1) is 22.3. The molecule has 0 aliphatic rings. The minimum absolute atomic E-state index is 0.0815. The zero-order valence-electron chi connectivity index (χ0n) is 17.1. The lowest BCUT2D eigenvalue weighted by molar-refractivity contribution is -0.118. The molecule has 3 rings (SSSR count). The third kappa shape index (κ3) is 5.18. The van der Waals surface area contributed by atoms with E-state index in [9.17, 15) is 13.2 Å². The third-order valence-electron chi connectivity index (χ3n) is 4.20. The second-order valence-electron chi connectivity index (χ2n) is 7.52. The van der Waals surface area contributed by atoms with Gasteiger partial charge in [-0.1, -0.05) is 26.8 Å². The lowest BCUT2D eigenvalue weighted by Crippen LogP contribution is -2.25. The quantitative estimate of drug-likeness (QED) is 0.561. The monoisotopic (exact) mass is 465 g/mol. The Bertz CT molecular complexity index is 1100. The Labute approximate surface area is 184 Å². The number of rotatable bonds is 7. The van der Waals surface area contributed by atoms with Crippen LogP contribution in [-0.4, -0.2) is 33.0 Å². The van der Waals surface area contributed by atoms with Crippen molar-refractivity contribution in [2.75, 3.05) is 23.3 Å². The van der Waals surface area contributed by atoms with E-state index in [0.29, 0.717) is 16.6 Å². The molecule has 0 atom stereocenters. The van der Waals surface area contributed by atoms with Gasteiger partial charge < -0.3 is 4.74 Å². The predicted octanol–water partition coefficient (Wildman–Crippen LogP) is 4.34. The van der Waals surface area contributed by atoms with Crippen LogP contribution in [0.3, 0.4) is 0 Å². The van der Waals surface area contributed by atoms with Crippen LogP contribution in [0.5, 0.6) is 5.75 Å². The van der Waals surface area contributed by atoms with Crippen molar-refractivity contribution in [2.45, 2.75) is 30.4 Å². The summed E-state index contributed by atoms with van der Waals surface area (Å²) in [6, 6.07) is 9.79. The van der Waals surface area contributed by atoms with Gasteiger partial charge in [-0.25, -0.2) is 13.4 Å². The average Bonchev–Trinajstić information content (AvgIpc) is 3.38. The molecule has 160 valence electrons. The van der Waals surface area contributed by atoms with E-state index in [1.54, 1.807) is 41.8 Å². The van der Waals surface area contributed by atoms with Gasteiger partial charge in [-0.15, -0.1) is 22.7 Å². The molecule has 0 bridgehead atoms. The van der Waals surface area contributed by atoms with E-state index in [0.717, 1.165) is 5.69 Å². The summed E-state index contributed by atoms with van der Waals surface area (Å²) in [7, 11) is -2.09. The van der Waals surface area contributed by atoms with Crippen LogP contribution in [0.2, 0.25) is 0 Å². The number of ether oxygens (including phenoxy) is 1. The van der Waals surface area contributed by atoms with Crippen molar-refractivity contribution in [1.29, 1.82) is 0 Å². The number of thiazole rings is 1. The van der Waals surface area contributed by atoms with Crippen LogP contribution < -0.4 is 14.4 Å². The molecule has 0 unspecified atom stereocenters. The Kier molecular flexibility index (Phi) is 6.49. The number of aromatic nitrogens is 1. The molecule has 2 aromatic heterocycles. The van der Waals surface area contributed by atoms with Gasteiger partial charge in [-0.3, -0.25) is 14.4 Å². The van der Waals surface area contributed by atoms with E-state index in [1.165, 1.54) is 34.0 Å². The highest BCUT2D eigenvalue weighted by Gasteiger charge is 2.22. The number of benzene rings is 1. The number of hydrogen-bond acceptors (Lipinski definition) is 7. The number of nitrogens with zero attached hydrogens (tertiary/aromatic N) is 2. The van der Waals surface area contributed by atoms with Crippen molar-refractivity contribution in [3.05, 3.63) is 52.9 Å². The molecule has 0 saturated carbocycles. The lowest BCUT2D eigenvalue weighted by Gasteiger charge is -2.18. The SMILES string of the molecule is CN(c1ccc(OCC(=O)Nc2nc(C(C)(C)C)cs2)cc1)S(=O)(=O)c1cccs1. The maximum absolute atomic E-state index is 12.6. The van der Waals surface area contributed by atoms with Crippen molar-refractivity contribution in [2.24, 2.45) is 0 Å². The second-order valence-corrected chi connectivity index (χ2v) is 11.5. The van der Waals surface area contributed by atoms with Gasteiger partial charge in [-0.2, -0.15) is 0 Å². The fourth-order valence-electron chi connectivity index (χ4n) is 2.42. The molecule has 10 heteroatoms. The number of carbonyl (C=O) groups is 1. The van der Waals surface area contributed by atoms with Gasteiger partial charge >= 0.3 is 0 Å². The Morgan fingerprint density at radius 3 is 2.43 bits per heavy atom. The Hall–Kier alpha value is -2.43. The van der Waals surface area contributed by atoms with Gasteiger partial charge in [0.2, 0.25) is 0 Å². The van der Waals surface area contributed by atoms with E-state index in [4.69, 9.17) is 4.74 Å². The van der Waals surface area contributed by atoms with Gasteiger partial charge in [0.25, 0.3) is 15.9 Å². The van der Waals surface area contributed by atoms with Gasteiger partial charge in [0.15, 0.2) is 11.7 Å². The summed E-state index contributed by atoms with van der Waals surface area (Å²) < 4.78 is 32.2. The summed E-state index contributed by atoms with van der Waals surface area (Å²) >= 11 is 2.54. The zero-order chi connectivity index (χ0) is 21.9. The zero-order valence-corrected chi connectivity index (χ0v) is 19.5. The molecular weight excluding hydrogens is 442 g/mol. The molecule has 0 spiro atoms. The molecule has 0 fully saturated rings. The molecular formula is C20H23N3O4S3. The second kappa shape index (κ2) is 8.75. The minimum Gasteiger partial charge on any atom is -0.484 e. The predicted molar refractivity (Wildman–Crippen MR) is 121 cm³/mol. The fraction of sp³-hybridized carbons (Fsp3) is 0.300. The maximum Gasteiger partial charge on any atom is 0.273 e. The van der Waals surface area contributed by atoms with E-state index >= 15 is 0 Å². The Morgan fingerprint density at radius 2 is 1.87 bits per heavy atom. The number of sulfonamides is 1. The highest BCUT2D eigenvalue weighted by molar-refractivity contribution is 7.94. The van der Waals surface area contributed by atoms with Crippen LogP contribution in [0.4, 0.5) is 10.8 Å². The number of amides is 1.